The van der Waals surface area contributed by atoms with Gasteiger partial charge in [0.2, 0.25) is 0 Å². The van der Waals surface area contributed by atoms with E-state index >= 15 is 0 Å². The van der Waals surface area contributed by atoms with Gasteiger partial charge in [0.1, 0.15) is 11.5 Å². The topological polar surface area (TPSA) is 101 Å². The Bertz CT molecular complexity index is 863. The molecule has 2 rings (SSSR count). The van der Waals surface area contributed by atoms with E-state index in [4.69, 9.17) is 18.9 Å². The first-order valence-corrected chi connectivity index (χ1v) is 16.3. The van der Waals surface area contributed by atoms with Gasteiger partial charge >= 0.3 is 0 Å². The molecule has 43 heavy (non-hydrogen) atoms. The maximum atomic E-state index is 9.94. The average Bonchev–Trinajstić information content (AvgIpc) is 3.01. The summed E-state index contributed by atoms with van der Waals surface area (Å²) < 4.78 is 22.9. The van der Waals surface area contributed by atoms with Crippen molar-refractivity contribution in [2.45, 2.75) is 83.8 Å². The maximum absolute atomic E-state index is 9.94. The van der Waals surface area contributed by atoms with Crippen LogP contribution in [0.4, 0.5) is 0 Å². The van der Waals surface area contributed by atoms with Crippen molar-refractivity contribution < 1.29 is 29.2 Å². The van der Waals surface area contributed by atoms with Crippen LogP contribution in [0.1, 0.15) is 77.3 Å². The van der Waals surface area contributed by atoms with Gasteiger partial charge in [0.15, 0.2) is 0 Å². The Labute approximate surface area is 260 Å². The van der Waals surface area contributed by atoms with Gasteiger partial charge in [0, 0.05) is 44.6 Å². The molecule has 2 aromatic rings. The van der Waals surface area contributed by atoms with E-state index in [1.807, 2.05) is 24.3 Å². The van der Waals surface area contributed by atoms with Crippen molar-refractivity contribution in [2.24, 2.45) is 0 Å². The summed E-state index contributed by atoms with van der Waals surface area (Å²) in [6.45, 7) is 14.7. The summed E-state index contributed by atoms with van der Waals surface area (Å²) in [7, 11) is 0. The Morgan fingerprint density at radius 1 is 0.605 bits per heavy atom. The molecule has 2 aromatic carbocycles. The molecular formula is C35H58N2O6. The lowest BCUT2D eigenvalue weighted by atomic mass is 9.78. The second-order valence-electron chi connectivity index (χ2n) is 11.7. The zero-order chi connectivity index (χ0) is 31.2. The minimum atomic E-state index is -0.475. The predicted molar refractivity (Wildman–Crippen MR) is 174 cm³/mol. The van der Waals surface area contributed by atoms with Gasteiger partial charge in [0.05, 0.1) is 38.6 Å². The van der Waals surface area contributed by atoms with E-state index in [0.717, 1.165) is 63.1 Å². The number of benzene rings is 2. The molecule has 0 heterocycles. The summed E-state index contributed by atoms with van der Waals surface area (Å²) in [5, 5.41) is 26.3. The molecule has 0 fully saturated rings. The van der Waals surface area contributed by atoms with Crippen LogP contribution in [0.3, 0.4) is 0 Å². The summed E-state index contributed by atoms with van der Waals surface area (Å²) in [5.74, 6) is 1.68. The normalized spacial score (nSPS) is 13.2. The number of hydrogen-bond donors (Lipinski definition) is 4. The third-order valence-electron chi connectivity index (χ3n) is 7.35. The molecule has 0 saturated carbocycles. The number of ether oxygens (including phenoxy) is 4. The molecule has 2 atom stereocenters. The largest absolute Gasteiger partial charge is 0.494 e. The average molecular weight is 603 g/mol. The SMILES string of the molecule is CCCCNCC(O)COCCCOc1ccc(C(C)(C)c2ccc(OCCCOCC(O)CNCCCC)cc2)cc1. The molecule has 0 saturated heterocycles. The van der Waals surface area contributed by atoms with Crippen LogP contribution in [-0.2, 0) is 14.9 Å². The van der Waals surface area contributed by atoms with Crippen molar-refractivity contribution in [2.75, 3.05) is 65.8 Å². The van der Waals surface area contributed by atoms with Crippen LogP contribution < -0.4 is 20.1 Å². The van der Waals surface area contributed by atoms with Crippen LogP contribution in [0.25, 0.3) is 0 Å². The van der Waals surface area contributed by atoms with Crippen molar-refractivity contribution in [1.82, 2.24) is 10.6 Å². The first-order valence-electron chi connectivity index (χ1n) is 16.3. The predicted octanol–water partition coefficient (Wildman–Crippen LogP) is 5.08. The van der Waals surface area contributed by atoms with Gasteiger partial charge in [-0.05, 0) is 61.3 Å². The van der Waals surface area contributed by atoms with Crippen LogP contribution in [0, 0.1) is 0 Å². The van der Waals surface area contributed by atoms with Crippen LogP contribution in [0.2, 0.25) is 0 Å². The molecule has 2 unspecified atom stereocenters. The highest BCUT2D eigenvalue weighted by atomic mass is 16.5. The van der Waals surface area contributed by atoms with Gasteiger partial charge in [-0.15, -0.1) is 0 Å². The van der Waals surface area contributed by atoms with E-state index < -0.39 is 12.2 Å². The van der Waals surface area contributed by atoms with Crippen LogP contribution in [0.5, 0.6) is 11.5 Å². The fourth-order valence-electron chi connectivity index (χ4n) is 4.50. The Hall–Kier alpha value is -2.20. The summed E-state index contributed by atoms with van der Waals surface area (Å²) >= 11 is 0. The highest BCUT2D eigenvalue weighted by Gasteiger charge is 2.23. The van der Waals surface area contributed by atoms with Crippen molar-refractivity contribution >= 4 is 0 Å². The van der Waals surface area contributed by atoms with Crippen LogP contribution in [0.15, 0.2) is 48.5 Å². The highest BCUT2D eigenvalue weighted by Crippen LogP contribution is 2.33. The number of nitrogens with one attached hydrogen (secondary N) is 2. The standard InChI is InChI=1S/C35H58N2O6/c1-5-7-19-36-25-31(38)27-40-21-9-23-42-33-15-11-29(12-16-33)35(3,4)30-13-17-34(18-14-30)43-24-10-22-41-28-32(39)26-37-20-8-6-2/h11-18,31-32,36-39H,5-10,19-28H2,1-4H3. The minimum absolute atomic E-state index is 0.169. The molecular weight excluding hydrogens is 544 g/mol. The summed E-state index contributed by atoms with van der Waals surface area (Å²) in [5.41, 5.74) is 2.24. The summed E-state index contributed by atoms with van der Waals surface area (Å²) in [6.07, 6.45) is 5.12. The minimum Gasteiger partial charge on any atom is -0.494 e. The second kappa shape index (κ2) is 22.3. The molecule has 0 aliphatic heterocycles. The highest BCUT2D eigenvalue weighted by molar-refractivity contribution is 5.41. The number of unbranched alkanes of at least 4 members (excludes halogenated alkanes) is 2. The third kappa shape index (κ3) is 15.9. The fraction of sp³-hybridized carbons (Fsp3) is 0.657. The smallest absolute Gasteiger partial charge is 0.119 e. The van der Waals surface area contributed by atoms with Crippen LogP contribution in [-0.4, -0.2) is 88.2 Å². The third-order valence-corrected chi connectivity index (χ3v) is 7.35. The second-order valence-corrected chi connectivity index (χ2v) is 11.7. The van der Waals surface area contributed by atoms with Gasteiger partial charge in [-0.2, -0.15) is 0 Å². The van der Waals surface area contributed by atoms with Crippen molar-refractivity contribution in [1.29, 1.82) is 0 Å². The molecule has 8 nitrogen and oxygen atoms in total. The Balaban J connectivity index is 1.63. The Morgan fingerprint density at radius 2 is 1.00 bits per heavy atom. The first kappa shape index (κ1) is 37.0. The summed E-state index contributed by atoms with van der Waals surface area (Å²) in [4.78, 5) is 0. The van der Waals surface area contributed by atoms with Crippen LogP contribution >= 0.6 is 0 Å². The Kier molecular flexibility index (Phi) is 19.2. The van der Waals surface area contributed by atoms with Gasteiger partial charge in [-0.1, -0.05) is 64.8 Å². The molecule has 0 amide bonds. The Morgan fingerprint density at radius 3 is 1.37 bits per heavy atom. The number of aliphatic hydroxyl groups excluding tert-OH is 2. The molecule has 0 aliphatic rings. The summed E-state index contributed by atoms with van der Waals surface area (Å²) in [6, 6.07) is 16.6. The van der Waals surface area contributed by atoms with Gasteiger partial charge in [0.25, 0.3) is 0 Å². The quantitative estimate of drug-likeness (QED) is 0.111. The van der Waals surface area contributed by atoms with Gasteiger partial charge in [-0.3, -0.25) is 0 Å². The fourth-order valence-corrected chi connectivity index (χ4v) is 4.50. The lowest BCUT2D eigenvalue weighted by Gasteiger charge is -2.26. The molecule has 0 spiro atoms. The van der Waals surface area contributed by atoms with Gasteiger partial charge in [-0.25, -0.2) is 0 Å². The molecule has 4 N–H and O–H groups in total. The molecule has 8 heteroatoms. The van der Waals surface area contributed by atoms with Crippen molar-refractivity contribution in [3.05, 3.63) is 59.7 Å². The molecule has 0 aromatic heterocycles. The molecule has 0 aliphatic carbocycles. The van der Waals surface area contributed by atoms with E-state index in [2.05, 4.69) is 62.6 Å². The van der Waals surface area contributed by atoms with Gasteiger partial charge < -0.3 is 39.8 Å². The maximum Gasteiger partial charge on any atom is 0.119 e. The number of hydrogen-bond acceptors (Lipinski definition) is 8. The van der Waals surface area contributed by atoms with Crippen molar-refractivity contribution in [3.8, 4) is 11.5 Å². The molecule has 244 valence electrons. The van der Waals surface area contributed by atoms with E-state index in [1.165, 1.54) is 11.1 Å². The molecule has 0 radical (unpaired) electrons. The zero-order valence-electron chi connectivity index (χ0n) is 27.1. The van der Waals surface area contributed by atoms with Crippen molar-refractivity contribution in [3.63, 3.8) is 0 Å². The molecule has 0 bridgehead atoms. The number of aliphatic hydroxyl groups is 2. The lowest BCUT2D eigenvalue weighted by Crippen LogP contribution is -2.31. The van der Waals surface area contributed by atoms with E-state index in [9.17, 15) is 10.2 Å². The number of rotatable bonds is 26. The zero-order valence-corrected chi connectivity index (χ0v) is 27.1. The van der Waals surface area contributed by atoms with E-state index in [-0.39, 0.29) is 5.41 Å². The monoisotopic (exact) mass is 602 g/mol. The van der Waals surface area contributed by atoms with E-state index in [0.29, 0.717) is 52.7 Å². The lowest BCUT2D eigenvalue weighted by molar-refractivity contribution is 0.0326. The van der Waals surface area contributed by atoms with E-state index in [1.54, 1.807) is 0 Å². The first-order chi connectivity index (χ1) is 20.9.